The first-order chi connectivity index (χ1) is 8.27. The quantitative estimate of drug-likeness (QED) is 0.753. The van der Waals surface area contributed by atoms with E-state index in [1.165, 1.54) is 11.1 Å². The zero-order valence-electron chi connectivity index (χ0n) is 9.81. The Labute approximate surface area is 111 Å². The highest BCUT2D eigenvalue weighted by Gasteiger charge is 2.25. The minimum absolute atomic E-state index is 0.0913. The molecule has 1 heteroatoms. The van der Waals surface area contributed by atoms with E-state index in [0.29, 0.717) is 0 Å². The van der Waals surface area contributed by atoms with Crippen LogP contribution in [0.3, 0.4) is 0 Å². The average molecular weight is 287 g/mol. The number of rotatable bonds is 3. The number of hydrogen-bond donors (Lipinski definition) is 0. The lowest BCUT2D eigenvalue weighted by Crippen LogP contribution is -2.20. The molecule has 0 bridgehead atoms. The molecule has 0 aliphatic heterocycles. The van der Waals surface area contributed by atoms with Crippen molar-refractivity contribution in [1.82, 2.24) is 0 Å². The molecule has 0 unspecified atom stereocenters. The van der Waals surface area contributed by atoms with Gasteiger partial charge in [-0.2, -0.15) is 0 Å². The summed E-state index contributed by atoms with van der Waals surface area (Å²) >= 11 is 3.40. The summed E-state index contributed by atoms with van der Waals surface area (Å²) in [6.07, 6.45) is 2.18. The molecule has 0 aliphatic rings. The molecule has 0 saturated heterocycles. The Hall–Kier alpha value is -1.34. The first kappa shape index (κ1) is 12.1. The highest BCUT2D eigenvalue weighted by Crippen LogP contribution is 2.33. The highest BCUT2D eigenvalue weighted by molar-refractivity contribution is 9.11. The van der Waals surface area contributed by atoms with Crippen molar-refractivity contribution in [1.29, 1.82) is 0 Å². The summed E-state index contributed by atoms with van der Waals surface area (Å²) in [4.78, 5) is 1.94. The van der Waals surface area contributed by atoms with Crippen molar-refractivity contribution in [2.45, 2.75) is 12.3 Å². The molecule has 86 valence electrons. The molecule has 0 aromatic heterocycles. The van der Waals surface area contributed by atoms with Crippen LogP contribution in [-0.4, -0.2) is 0 Å². The van der Waals surface area contributed by atoms with Gasteiger partial charge in [-0.15, -0.1) is 0 Å². The topological polar surface area (TPSA) is 0 Å². The van der Waals surface area contributed by atoms with Gasteiger partial charge in [0, 0.05) is 5.41 Å². The Bertz CT molecular complexity index is 446. The summed E-state index contributed by atoms with van der Waals surface area (Å²) in [5.41, 5.74) is 2.50. The van der Waals surface area contributed by atoms with Gasteiger partial charge in [0.15, 0.2) is 0 Å². The van der Waals surface area contributed by atoms with Crippen LogP contribution in [0.1, 0.15) is 18.1 Å². The summed E-state index contributed by atoms with van der Waals surface area (Å²) in [6.45, 7) is 2.23. The zero-order chi connectivity index (χ0) is 12.1. The molecular weight excluding hydrogens is 272 g/mol. The van der Waals surface area contributed by atoms with Crippen molar-refractivity contribution in [3.63, 3.8) is 0 Å². The molecule has 2 rings (SSSR count). The molecule has 0 heterocycles. The summed E-state index contributed by atoms with van der Waals surface area (Å²) in [5.74, 6) is 0. The average Bonchev–Trinajstić information content (AvgIpc) is 2.41. The first-order valence-electron chi connectivity index (χ1n) is 5.66. The number of hydrogen-bond acceptors (Lipinski definition) is 0. The molecule has 0 N–H and O–H groups in total. The Balaban J connectivity index is 2.55. The maximum absolute atomic E-state index is 3.40. The van der Waals surface area contributed by atoms with Crippen molar-refractivity contribution in [3.05, 3.63) is 82.9 Å². The van der Waals surface area contributed by atoms with Crippen molar-refractivity contribution >= 4 is 15.9 Å². The Kier molecular flexibility index (Phi) is 3.80. The van der Waals surface area contributed by atoms with Gasteiger partial charge in [0.2, 0.25) is 0 Å². The second-order valence-corrected chi connectivity index (χ2v) is 4.76. The lowest BCUT2D eigenvalue weighted by Gasteiger charge is -2.27. The van der Waals surface area contributed by atoms with E-state index in [4.69, 9.17) is 0 Å². The third-order valence-corrected chi connectivity index (χ3v) is 3.41. The van der Waals surface area contributed by atoms with Gasteiger partial charge in [0.1, 0.15) is 0 Å². The van der Waals surface area contributed by atoms with Crippen LogP contribution in [0.25, 0.3) is 0 Å². The fourth-order valence-corrected chi connectivity index (χ4v) is 2.58. The van der Waals surface area contributed by atoms with Gasteiger partial charge in [0.05, 0.1) is 0 Å². The summed E-state index contributed by atoms with van der Waals surface area (Å²) in [6, 6.07) is 21.1. The molecule has 17 heavy (non-hydrogen) atoms. The minimum Gasteiger partial charge on any atom is -0.0629 e. The van der Waals surface area contributed by atoms with E-state index < -0.39 is 0 Å². The number of benzene rings is 2. The van der Waals surface area contributed by atoms with Crippen LogP contribution in [0.5, 0.6) is 0 Å². The molecule has 0 aliphatic carbocycles. The van der Waals surface area contributed by atoms with Crippen LogP contribution in [0.2, 0.25) is 0 Å². The van der Waals surface area contributed by atoms with Crippen LogP contribution in [0, 0.1) is 0 Å². The van der Waals surface area contributed by atoms with Gasteiger partial charge in [-0.3, -0.25) is 0 Å². The largest absolute Gasteiger partial charge is 0.0629 e. The summed E-state index contributed by atoms with van der Waals surface area (Å²) in [5, 5.41) is 0. The molecule has 0 fully saturated rings. The van der Waals surface area contributed by atoms with Crippen LogP contribution in [0.15, 0.2) is 71.7 Å². The smallest absolute Gasteiger partial charge is 0.0361 e. The number of allylic oxidation sites excluding steroid dienone is 1. The second-order valence-electron chi connectivity index (χ2n) is 4.23. The van der Waals surface area contributed by atoms with Gasteiger partial charge in [-0.1, -0.05) is 82.7 Å². The van der Waals surface area contributed by atoms with Crippen LogP contribution >= 0.6 is 15.9 Å². The lowest BCUT2D eigenvalue weighted by molar-refractivity contribution is 0.725. The Morgan fingerprint density at radius 2 is 1.24 bits per heavy atom. The zero-order valence-corrected chi connectivity index (χ0v) is 11.4. The maximum Gasteiger partial charge on any atom is 0.0361 e. The third kappa shape index (κ3) is 2.50. The van der Waals surface area contributed by atoms with Gasteiger partial charge in [-0.05, 0) is 23.0 Å². The van der Waals surface area contributed by atoms with Crippen LogP contribution < -0.4 is 0 Å². The molecule has 0 nitrogen and oxygen atoms in total. The fraction of sp³-hybridized carbons (Fsp3) is 0.125. The SMILES string of the molecule is CC(/C=C/Br)(c1ccccc1)c1ccccc1. The highest BCUT2D eigenvalue weighted by atomic mass is 79.9. The minimum atomic E-state index is -0.0913. The second kappa shape index (κ2) is 5.33. The van der Waals surface area contributed by atoms with Crippen molar-refractivity contribution < 1.29 is 0 Å². The molecule has 0 spiro atoms. The van der Waals surface area contributed by atoms with E-state index >= 15 is 0 Å². The van der Waals surface area contributed by atoms with Crippen LogP contribution in [-0.2, 0) is 5.41 Å². The monoisotopic (exact) mass is 286 g/mol. The van der Waals surface area contributed by atoms with E-state index in [1.54, 1.807) is 0 Å². The van der Waals surface area contributed by atoms with Gasteiger partial charge >= 0.3 is 0 Å². The number of halogens is 1. The third-order valence-electron chi connectivity index (χ3n) is 3.14. The lowest BCUT2D eigenvalue weighted by atomic mass is 9.76. The molecule has 0 radical (unpaired) electrons. The summed E-state index contributed by atoms with van der Waals surface area (Å²) in [7, 11) is 0. The molecule has 2 aromatic rings. The van der Waals surface area contributed by atoms with E-state index in [1.807, 2.05) is 17.1 Å². The van der Waals surface area contributed by atoms with Crippen molar-refractivity contribution in [3.8, 4) is 0 Å². The standard InChI is InChI=1S/C16H15Br/c1-16(12-13-17,14-8-4-2-5-9-14)15-10-6-3-7-11-15/h2-13H,1H3/b13-12+. The van der Waals surface area contributed by atoms with Crippen molar-refractivity contribution in [2.75, 3.05) is 0 Å². The van der Waals surface area contributed by atoms with Crippen molar-refractivity contribution in [2.24, 2.45) is 0 Å². The molecule has 0 saturated carbocycles. The predicted molar refractivity (Wildman–Crippen MR) is 77.4 cm³/mol. The van der Waals surface area contributed by atoms with E-state index in [0.717, 1.165) is 0 Å². The Morgan fingerprint density at radius 3 is 1.59 bits per heavy atom. The van der Waals surface area contributed by atoms with Gasteiger partial charge in [0.25, 0.3) is 0 Å². The molecule has 0 atom stereocenters. The molecular formula is C16H15Br. The fourth-order valence-electron chi connectivity index (χ4n) is 2.05. The normalized spacial score (nSPS) is 11.9. The Morgan fingerprint density at radius 1 is 0.824 bits per heavy atom. The van der Waals surface area contributed by atoms with E-state index in [9.17, 15) is 0 Å². The van der Waals surface area contributed by atoms with E-state index in [-0.39, 0.29) is 5.41 Å². The molecule has 2 aromatic carbocycles. The van der Waals surface area contributed by atoms with E-state index in [2.05, 4.69) is 77.5 Å². The predicted octanol–water partition coefficient (Wildman–Crippen LogP) is 4.90. The van der Waals surface area contributed by atoms with Gasteiger partial charge in [-0.25, -0.2) is 0 Å². The summed E-state index contributed by atoms with van der Waals surface area (Å²) < 4.78 is 0. The molecule has 0 amide bonds. The van der Waals surface area contributed by atoms with Crippen LogP contribution in [0.4, 0.5) is 0 Å². The maximum atomic E-state index is 3.40. The first-order valence-corrected chi connectivity index (χ1v) is 6.58. The van der Waals surface area contributed by atoms with Gasteiger partial charge < -0.3 is 0 Å².